The zero-order chi connectivity index (χ0) is 24.0. The van der Waals surface area contributed by atoms with Crippen LogP contribution in [0.1, 0.15) is 28.3 Å². The summed E-state index contributed by atoms with van der Waals surface area (Å²) in [6.07, 6.45) is 0. The summed E-state index contributed by atoms with van der Waals surface area (Å²) >= 11 is 1.33. The summed E-state index contributed by atoms with van der Waals surface area (Å²) in [4.78, 5) is 32.8. The third kappa shape index (κ3) is 3.54. The molecule has 2 heterocycles. The van der Waals surface area contributed by atoms with Crippen LogP contribution in [0.5, 0.6) is 5.75 Å². The number of ether oxygens (including phenoxy) is 1. The van der Waals surface area contributed by atoms with Crippen LogP contribution < -0.4 is 9.64 Å². The average Bonchev–Trinajstić information content (AvgIpc) is 3.36. The smallest absolute Gasteiger partial charge is 0.301 e. The molecule has 170 valence electrons. The highest BCUT2D eigenvalue weighted by Gasteiger charge is 2.49. The van der Waals surface area contributed by atoms with Gasteiger partial charge in [-0.05, 0) is 37.6 Å². The fourth-order valence-electron chi connectivity index (χ4n) is 4.21. The van der Waals surface area contributed by atoms with E-state index in [1.54, 1.807) is 24.3 Å². The van der Waals surface area contributed by atoms with Gasteiger partial charge in [0, 0.05) is 11.1 Å². The van der Waals surface area contributed by atoms with Crippen molar-refractivity contribution in [3.05, 3.63) is 94.6 Å². The summed E-state index contributed by atoms with van der Waals surface area (Å²) in [6.45, 7) is 3.92. The first-order chi connectivity index (χ1) is 16.4. The number of aromatic nitrogens is 1. The molecule has 34 heavy (non-hydrogen) atoms. The maximum absolute atomic E-state index is 13.4. The second-order valence-corrected chi connectivity index (χ2v) is 9.25. The number of para-hydroxylation sites is 1. The Bertz CT molecular complexity index is 1470. The Balaban J connectivity index is 1.76. The van der Waals surface area contributed by atoms with Crippen molar-refractivity contribution in [2.75, 3.05) is 12.0 Å². The molecule has 1 saturated heterocycles. The van der Waals surface area contributed by atoms with Gasteiger partial charge in [-0.1, -0.05) is 65.4 Å². The fourth-order valence-corrected chi connectivity index (χ4v) is 5.30. The van der Waals surface area contributed by atoms with E-state index in [0.717, 1.165) is 21.3 Å². The largest absolute Gasteiger partial charge is 0.507 e. The summed E-state index contributed by atoms with van der Waals surface area (Å²) in [6, 6.07) is 19.3. The summed E-state index contributed by atoms with van der Waals surface area (Å²) < 4.78 is 6.48. The van der Waals surface area contributed by atoms with Gasteiger partial charge in [-0.3, -0.25) is 14.5 Å². The molecule has 7 heteroatoms. The number of hydrogen-bond donors (Lipinski definition) is 1. The number of carbonyl (C=O) groups excluding carboxylic acids is 2. The van der Waals surface area contributed by atoms with Gasteiger partial charge < -0.3 is 9.84 Å². The summed E-state index contributed by atoms with van der Waals surface area (Å²) in [5.41, 5.74) is 3.89. The molecule has 1 aromatic heterocycles. The number of rotatable bonds is 4. The number of nitrogens with zero attached hydrogens (tertiary/aromatic N) is 2. The van der Waals surface area contributed by atoms with Gasteiger partial charge in [0.05, 0.1) is 22.9 Å². The normalized spacial score (nSPS) is 17.5. The zero-order valence-corrected chi connectivity index (χ0v) is 19.7. The highest BCUT2D eigenvalue weighted by molar-refractivity contribution is 7.22. The minimum Gasteiger partial charge on any atom is -0.507 e. The predicted octanol–water partition coefficient (Wildman–Crippen LogP) is 5.55. The number of methoxy groups -OCH3 is 1. The van der Waals surface area contributed by atoms with E-state index >= 15 is 0 Å². The number of fused-ring (bicyclic) bond motifs is 1. The Kier molecular flexibility index (Phi) is 5.42. The number of carbonyl (C=O) groups is 2. The monoisotopic (exact) mass is 470 g/mol. The minimum absolute atomic E-state index is 0.00814. The number of ketones is 1. The molecule has 3 aromatic carbocycles. The number of benzene rings is 3. The molecule has 6 nitrogen and oxygen atoms in total. The van der Waals surface area contributed by atoms with Crippen molar-refractivity contribution in [1.29, 1.82) is 0 Å². The number of Topliss-reactive ketones (excluding diaryl/α,β-unsaturated/α-hetero) is 1. The highest BCUT2D eigenvalue weighted by Crippen LogP contribution is 2.46. The lowest BCUT2D eigenvalue weighted by atomic mass is 9.94. The van der Waals surface area contributed by atoms with Crippen molar-refractivity contribution in [1.82, 2.24) is 4.98 Å². The first-order valence-electron chi connectivity index (χ1n) is 10.8. The number of aliphatic hydroxyl groups excluding tert-OH is 1. The van der Waals surface area contributed by atoms with Crippen molar-refractivity contribution in [3.63, 3.8) is 0 Å². The van der Waals surface area contributed by atoms with E-state index in [-0.39, 0.29) is 11.3 Å². The highest BCUT2D eigenvalue weighted by atomic mass is 32.1. The molecular formula is C27H22N2O4S. The Morgan fingerprint density at radius 3 is 2.44 bits per heavy atom. The molecule has 1 N–H and O–H groups in total. The number of aliphatic hydroxyl groups is 1. The van der Waals surface area contributed by atoms with Crippen molar-refractivity contribution in [2.45, 2.75) is 19.9 Å². The molecule has 0 aliphatic carbocycles. The number of thiazole rings is 1. The van der Waals surface area contributed by atoms with Crippen molar-refractivity contribution >= 4 is 44.1 Å². The SMILES string of the molecule is COc1ccccc1[C@@H]1/C(=C(\O)c2ccc(C)cc2)C(=O)C(=O)N1c1nc2ccc(C)cc2s1. The van der Waals surface area contributed by atoms with E-state index in [0.29, 0.717) is 22.0 Å². The van der Waals surface area contributed by atoms with Gasteiger partial charge in [-0.2, -0.15) is 0 Å². The predicted molar refractivity (Wildman–Crippen MR) is 133 cm³/mol. The summed E-state index contributed by atoms with van der Waals surface area (Å²) in [5, 5.41) is 11.6. The standard InChI is InChI=1S/C27H22N2O4S/c1-15-8-11-17(12-9-15)24(30)22-23(18-6-4-5-7-20(18)33-3)29(26(32)25(22)31)27-28-19-13-10-16(2)14-21(19)34-27/h4-14,23,30H,1-3H3/b24-22+/t23-/m1/s1. The zero-order valence-electron chi connectivity index (χ0n) is 18.9. The topological polar surface area (TPSA) is 79.7 Å². The molecule has 1 aliphatic rings. The average molecular weight is 471 g/mol. The molecule has 1 amide bonds. The molecule has 0 radical (unpaired) electrons. The first kappa shape index (κ1) is 21.9. The van der Waals surface area contributed by atoms with Crippen LogP contribution in [0.3, 0.4) is 0 Å². The van der Waals surface area contributed by atoms with E-state index in [1.807, 2.05) is 56.3 Å². The molecule has 0 spiro atoms. The second kappa shape index (κ2) is 8.43. The van der Waals surface area contributed by atoms with Gasteiger partial charge in [0.25, 0.3) is 5.78 Å². The molecule has 0 saturated carbocycles. The van der Waals surface area contributed by atoms with Gasteiger partial charge >= 0.3 is 5.91 Å². The molecule has 5 rings (SSSR count). The molecule has 1 atom stereocenters. The number of anilines is 1. The summed E-state index contributed by atoms with van der Waals surface area (Å²) in [7, 11) is 1.53. The third-order valence-corrected chi connectivity index (χ3v) is 6.96. The minimum atomic E-state index is -0.890. The van der Waals surface area contributed by atoms with Gasteiger partial charge in [0.15, 0.2) is 5.13 Å². The van der Waals surface area contributed by atoms with Crippen LogP contribution >= 0.6 is 11.3 Å². The third-order valence-electron chi connectivity index (χ3n) is 5.94. The van der Waals surface area contributed by atoms with Gasteiger partial charge in [-0.15, -0.1) is 0 Å². The Hall–Kier alpha value is -3.97. The van der Waals surface area contributed by atoms with Crippen LogP contribution in [-0.2, 0) is 9.59 Å². The number of hydrogen-bond acceptors (Lipinski definition) is 6. The van der Waals surface area contributed by atoms with Crippen LogP contribution in [0.15, 0.2) is 72.3 Å². The lowest BCUT2D eigenvalue weighted by Gasteiger charge is -2.24. The van der Waals surface area contributed by atoms with Crippen molar-refractivity contribution < 1.29 is 19.4 Å². The number of amides is 1. The fraction of sp³-hybridized carbons (Fsp3) is 0.148. The van der Waals surface area contributed by atoms with E-state index < -0.39 is 17.7 Å². The summed E-state index contributed by atoms with van der Waals surface area (Å²) in [5.74, 6) is -1.22. The van der Waals surface area contributed by atoms with Crippen LogP contribution in [0.2, 0.25) is 0 Å². The lowest BCUT2D eigenvalue weighted by Crippen LogP contribution is -2.29. The van der Waals surface area contributed by atoms with Gasteiger partial charge in [0.2, 0.25) is 0 Å². The molecular weight excluding hydrogens is 448 g/mol. The van der Waals surface area contributed by atoms with E-state index in [1.165, 1.54) is 23.3 Å². The maximum atomic E-state index is 13.4. The Labute approximate surface area is 200 Å². The maximum Gasteiger partial charge on any atom is 0.301 e. The van der Waals surface area contributed by atoms with Crippen molar-refractivity contribution in [2.24, 2.45) is 0 Å². The number of aryl methyl sites for hydroxylation is 2. The van der Waals surface area contributed by atoms with Crippen LogP contribution in [0.25, 0.3) is 16.0 Å². The van der Waals surface area contributed by atoms with Gasteiger partial charge in [0.1, 0.15) is 17.6 Å². The van der Waals surface area contributed by atoms with E-state index in [9.17, 15) is 14.7 Å². The van der Waals surface area contributed by atoms with Crippen LogP contribution in [0.4, 0.5) is 5.13 Å². The van der Waals surface area contributed by atoms with E-state index in [4.69, 9.17) is 4.74 Å². The molecule has 4 aromatic rings. The van der Waals surface area contributed by atoms with Crippen LogP contribution in [0, 0.1) is 13.8 Å². The van der Waals surface area contributed by atoms with Gasteiger partial charge in [-0.25, -0.2) is 4.98 Å². The molecule has 0 bridgehead atoms. The molecule has 1 aliphatic heterocycles. The Morgan fingerprint density at radius 1 is 1.00 bits per heavy atom. The second-order valence-electron chi connectivity index (χ2n) is 8.24. The molecule has 1 fully saturated rings. The molecule has 0 unspecified atom stereocenters. The van der Waals surface area contributed by atoms with Crippen molar-refractivity contribution in [3.8, 4) is 5.75 Å². The van der Waals surface area contributed by atoms with E-state index in [2.05, 4.69) is 4.98 Å². The quantitative estimate of drug-likeness (QED) is 0.240. The lowest BCUT2D eigenvalue weighted by molar-refractivity contribution is -0.132. The first-order valence-corrected chi connectivity index (χ1v) is 11.6. The van der Waals surface area contributed by atoms with Crippen LogP contribution in [-0.4, -0.2) is 28.9 Å². The Morgan fingerprint density at radius 2 is 1.71 bits per heavy atom.